The van der Waals surface area contributed by atoms with Crippen molar-refractivity contribution in [1.82, 2.24) is 15.2 Å². The number of rotatable bonds is 2. The molecule has 0 aliphatic rings. The van der Waals surface area contributed by atoms with Crippen molar-refractivity contribution in [3.63, 3.8) is 0 Å². The van der Waals surface area contributed by atoms with E-state index in [1.54, 1.807) is 31.2 Å². The van der Waals surface area contributed by atoms with Crippen molar-refractivity contribution in [1.29, 1.82) is 0 Å². The summed E-state index contributed by atoms with van der Waals surface area (Å²) >= 11 is 0. The largest absolute Gasteiger partial charge is 0.432 e. The molecule has 0 aliphatic heterocycles. The zero-order valence-corrected chi connectivity index (χ0v) is 11.9. The van der Waals surface area contributed by atoms with Gasteiger partial charge in [0.25, 0.3) is 0 Å². The summed E-state index contributed by atoms with van der Waals surface area (Å²) in [6, 6.07) is 10.1. The molecule has 7 heteroatoms. The lowest BCUT2D eigenvalue weighted by molar-refractivity contribution is -0.141. The molecule has 3 aromatic rings. The Labute approximate surface area is 129 Å². The highest BCUT2D eigenvalue weighted by Gasteiger charge is 2.33. The summed E-state index contributed by atoms with van der Waals surface area (Å²) in [5.74, 6) is -0.372. The van der Waals surface area contributed by atoms with Crippen molar-refractivity contribution in [2.24, 2.45) is 0 Å². The number of hydrogen-bond donors (Lipinski definition) is 1. The average molecular weight is 321 g/mol. The molecule has 3 rings (SSSR count). The Balaban J connectivity index is 2.04. The zero-order valence-electron chi connectivity index (χ0n) is 11.9. The van der Waals surface area contributed by atoms with Crippen LogP contribution in [0.2, 0.25) is 0 Å². The number of aryl methyl sites for hydroxylation is 1. The number of benzene rings is 1. The van der Waals surface area contributed by atoms with Crippen LogP contribution in [0.1, 0.15) is 11.3 Å². The van der Waals surface area contributed by atoms with Crippen LogP contribution in [0.4, 0.5) is 17.6 Å². The van der Waals surface area contributed by atoms with E-state index < -0.39 is 11.9 Å². The van der Waals surface area contributed by atoms with Gasteiger partial charge in [0.1, 0.15) is 17.2 Å². The number of nitrogens with zero attached hydrogens (tertiary/aromatic N) is 2. The van der Waals surface area contributed by atoms with Crippen molar-refractivity contribution >= 4 is 0 Å². The first-order valence-corrected chi connectivity index (χ1v) is 6.70. The first-order valence-electron chi connectivity index (χ1n) is 6.70. The maximum atomic E-state index is 13.0. The van der Waals surface area contributed by atoms with Gasteiger partial charge in [-0.2, -0.15) is 18.3 Å². The van der Waals surface area contributed by atoms with Crippen molar-refractivity contribution in [3.05, 3.63) is 59.5 Å². The standard InChI is InChI=1S/C16H11F4N3/c1-9-6-12(10-2-4-11(17)5-3-10)21-13(7-9)14-8-15(23-22-14)16(18,19)20/h2-8H,1H3,(H,22,23). The van der Waals surface area contributed by atoms with Crippen LogP contribution in [-0.4, -0.2) is 15.2 Å². The number of H-pyrrole nitrogens is 1. The Hall–Kier alpha value is -2.70. The van der Waals surface area contributed by atoms with Gasteiger partial charge in [-0.05, 0) is 55.0 Å². The summed E-state index contributed by atoms with van der Waals surface area (Å²) in [7, 11) is 0. The van der Waals surface area contributed by atoms with Crippen molar-refractivity contribution < 1.29 is 17.6 Å². The van der Waals surface area contributed by atoms with Gasteiger partial charge in [-0.3, -0.25) is 5.10 Å². The number of alkyl halides is 3. The average Bonchev–Trinajstić information content (AvgIpc) is 2.97. The van der Waals surface area contributed by atoms with E-state index in [0.717, 1.165) is 11.6 Å². The fraction of sp³-hybridized carbons (Fsp3) is 0.125. The third-order valence-corrected chi connectivity index (χ3v) is 3.26. The van der Waals surface area contributed by atoms with Gasteiger partial charge in [0.2, 0.25) is 0 Å². The second kappa shape index (κ2) is 5.49. The predicted molar refractivity (Wildman–Crippen MR) is 77.0 cm³/mol. The Kier molecular flexibility index (Phi) is 3.63. The molecule has 0 amide bonds. The zero-order chi connectivity index (χ0) is 16.6. The third-order valence-electron chi connectivity index (χ3n) is 3.26. The number of pyridine rings is 1. The summed E-state index contributed by atoms with van der Waals surface area (Å²) in [6.45, 7) is 1.80. The molecule has 0 aliphatic carbocycles. The third kappa shape index (κ3) is 3.23. The van der Waals surface area contributed by atoms with E-state index >= 15 is 0 Å². The molecular formula is C16H11F4N3. The van der Waals surface area contributed by atoms with Crippen LogP contribution >= 0.6 is 0 Å². The molecule has 0 bridgehead atoms. The second-order valence-electron chi connectivity index (χ2n) is 5.09. The van der Waals surface area contributed by atoms with Gasteiger partial charge in [-0.25, -0.2) is 9.37 Å². The number of hydrogen-bond acceptors (Lipinski definition) is 2. The van der Waals surface area contributed by atoms with Gasteiger partial charge in [0.15, 0.2) is 0 Å². The molecule has 0 saturated heterocycles. The van der Waals surface area contributed by atoms with E-state index in [-0.39, 0.29) is 11.5 Å². The highest BCUT2D eigenvalue weighted by Crippen LogP contribution is 2.31. The lowest BCUT2D eigenvalue weighted by Gasteiger charge is -2.05. The van der Waals surface area contributed by atoms with Crippen molar-refractivity contribution in [3.8, 4) is 22.6 Å². The fourth-order valence-corrected chi connectivity index (χ4v) is 2.17. The molecule has 0 fully saturated rings. The van der Waals surface area contributed by atoms with E-state index in [1.165, 1.54) is 12.1 Å². The lowest BCUT2D eigenvalue weighted by atomic mass is 10.1. The Morgan fingerprint density at radius 1 is 0.913 bits per heavy atom. The minimum absolute atomic E-state index is 0.101. The Morgan fingerprint density at radius 3 is 2.17 bits per heavy atom. The Morgan fingerprint density at radius 2 is 1.57 bits per heavy atom. The van der Waals surface area contributed by atoms with Crippen molar-refractivity contribution in [2.75, 3.05) is 0 Å². The summed E-state index contributed by atoms with van der Waals surface area (Å²) < 4.78 is 51.0. The van der Waals surface area contributed by atoms with E-state index in [1.807, 2.05) is 5.10 Å². The maximum Gasteiger partial charge on any atom is 0.432 e. The number of aromatic amines is 1. The summed E-state index contributed by atoms with van der Waals surface area (Å²) in [6.07, 6.45) is -4.49. The molecule has 2 heterocycles. The molecule has 0 spiro atoms. The van der Waals surface area contributed by atoms with Gasteiger partial charge in [0.05, 0.1) is 11.4 Å². The first-order chi connectivity index (χ1) is 10.8. The normalized spacial score (nSPS) is 11.7. The molecule has 118 valence electrons. The summed E-state index contributed by atoms with van der Waals surface area (Å²) in [4.78, 5) is 4.33. The number of nitrogens with one attached hydrogen (secondary N) is 1. The fourth-order valence-electron chi connectivity index (χ4n) is 2.17. The van der Waals surface area contributed by atoms with E-state index in [9.17, 15) is 17.6 Å². The molecule has 0 radical (unpaired) electrons. The van der Waals surface area contributed by atoms with E-state index in [0.29, 0.717) is 17.0 Å². The molecule has 0 saturated carbocycles. The molecule has 3 nitrogen and oxygen atoms in total. The SMILES string of the molecule is Cc1cc(-c2ccc(F)cc2)nc(-c2cc(C(F)(F)F)[nH]n2)c1. The predicted octanol–water partition coefficient (Wildman–Crippen LogP) is 4.61. The van der Waals surface area contributed by atoms with Crippen LogP contribution in [0.25, 0.3) is 22.6 Å². The van der Waals surface area contributed by atoms with Crippen LogP contribution in [-0.2, 0) is 6.18 Å². The summed E-state index contributed by atoms with van der Waals surface area (Å²) in [5, 5.41) is 5.64. The minimum atomic E-state index is -4.49. The van der Waals surface area contributed by atoms with Crippen LogP contribution in [0.3, 0.4) is 0 Å². The van der Waals surface area contributed by atoms with Crippen LogP contribution in [0.15, 0.2) is 42.5 Å². The van der Waals surface area contributed by atoms with Crippen LogP contribution in [0.5, 0.6) is 0 Å². The van der Waals surface area contributed by atoms with E-state index in [2.05, 4.69) is 10.1 Å². The second-order valence-corrected chi connectivity index (χ2v) is 5.09. The number of aromatic nitrogens is 3. The van der Waals surface area contributed by atoms with E-state index in [4.69, 9.17) is 0 Å². The van der Waals surface area contributed by atoms with Crippen LogP contribution < -0.4 is 0 Å². The van der Waals surface area contributed by atoms with Crippen LogP contribution in [0, 0.1) is 12.7 Å². The van der Waals surface area contributed by atoms with Gasteiger partial charge in [-0.1, -0.05) is 0 Å². The highest BCUT2D eigenvalue weighted by atomic mass is 19.4. The molecule has 2 aromatic heterocycles. The topological polar surface area (TPSA) is 41.6 Å². The minimum Gasteiger partial charge on any atom is -0.273 e. The number of halogens is 4. The smallest absolute Gasteiger partial charge is 0.273 e. The molecule has 0 atom stereocenters. The molecule has 23 heavy (non-hydrogen) atoms. The first kappa shape index (κ1) is 15.2. The van der Waals surface area contributed by atoms with Gasteiger partial charge in [0, 0.05) is 5.56 Å². The van der Waals surface area contributed by atoms with Gasteiger partial charge < -0.3 is 0 Å². The molecule has 1 aromatic carbocycles. The van der Waals surface area contributed by atoms with Gasteiger partial charge in [-0.15, -0.1) is 0 Å². The van der Waals surface area contributed by atoms with Crippen molar-refractivity contribution in [2.45, 2.75) is 13.1 Å². The van der Waals surface area contributed by atoms with Gasteiger partial charge >= 0.3 is 6.18 Å². The maximum absolute atomic E-state index is 13.0. The highest BCUT2D eigenvalue weighted by molar-refractivity contribution is 5.65. The molecular weight excluding hydrogens is 310 g/mol. The molecule has 0 unspecified atom stereocenters. The monoisotopic (exact) mass is 321 g/mol. The lowest BCUT2D eigenvalue weighted by Crippen LogP contribution is -2.04. The Bertz CT molecular complexity index is 835. The molecule has 1 N–H and O–H groups in total. The quantitative estimate of drug-likeness (QED) is 0.701. The summed E-state index contributed by atoms with van der Waals surface area (Å²) in [5.41, 5.74) is 1.50.